The van der Waals surface area contributed by atoms with Crippen LogP contribution >= 0.6 is 0 Å². The molecule has 0 aliphatic heterocycles. The minimum Gasteiger partial charge on any atom is -0.493 e. The third-order valence-corrected chi connectivity index (χ3v) is 3.38. The second-order valence-corrected chi connectivity index (χ2v) is 4.97. The lowest BCUT2D eigenvalue weighted by Gasteiger charge is -2.10. The summed E-state index contributed by atoms with van der Waals surface area (Å²) in [5.41, 5.74) is 0.886. The highest BCUT2D eigenvalue weighted by Gasteiger charge is 2.21. The molecule has 3 rings (SSSR count). The molecular formula is C17H15N3O6. The van der Waals surface area contributed by atoms with Crippen LogP contribution in [0.15, 0.2) is 41.0 Å². The lowest BCUT2D eigenvalue weighted by atomic mass is 10.1. The van der Waals surface area contributed by atoms with Crippen LogP contribution < -0.4 is 9.47 Å². The number of H-pyrrole nitrogens is 1. The fourth-order valence-corrected chi connectivity index (χ4v) is 2.22. The molecule has 0 radical (unpaired) electrons. The number of ether oxygens (including phenoxy) is 3. The number of carbonyl (C=O) groups excluding carboxylic acids is 2. The van der Waals surface area contributed by atoms with Crippen LogP contribution in [0, 0.1) is 0 Å². The van der Waals surface area contributed by atoms with Gasteiger partial charge in [0.25, 0.3) is 0 Å². The molecule has 0 unspecified atom stereocenters. The number of esters is 2. The number of carbonyl (C=O) groups is 2. The van der Waals surface area contributed by atoms with Crippen LogP contribution in [0.1, 0.15) is 28.0 Å². The van der Waals surface area contributed by atoms with E-state index < -0.39 is 11.9 Å². The van der Waals surface area contributed by atoms with Crippen LogP contribution in [0.5, 0.6) is 11.5 Å². The second kappa shape index (κ2) is 7.51. The smallest absolute Gasteiger partial charge is 0.379 e. The molecule has 2 heterocycles. The zero-order valence-electron chi connectivity index (χ0n) is 14.0. The highest BCUT2D eigenvalue weighted by atomic mass is 16.6. The van der Waals surface area contributed by atoms with E-state index in [1.807, 2.05) is 0 Å². The second-order valence-electron chi connectivity index (χ2n) is 4.97. The summed E-state index contributed by atoms with van der Waals surface area (Å²) in [7, 11) is 1.43. The van der Waals surface area contributed by atoms with Gasteiger partial charge in [-0.1, -0.05) is 0 Å². The van der Waals surface area contributed by atoms with Crippen LogP contribution in [-0.4, -0.2) is 41.1 Å². The minimum absolute atomic E-state index is 0.0502. The van der Waals surface area contributed by atoms with Crippen LogP contribution in [0.25, 0.3) is 11.3 Å². The van der Waals surface area contributed by atoms with E-state index in [9.17, 15) is 9.59 Å². The monoisotopic (exact) mass is 357 g/mol. The van der Waals surface area contributed by atoms with Gasteiger partial charge < -0.3 is 18.6 Å². The number of hydrogen-bond donors (Lipinski definition) is 1. The molecule has 3 aromatic rings. The van der Waals surface area contributed by atoms with Crippen LogP contribution in [-0.2, 0) is 4.74 Å². The lowest BCUT2D eigenvalue weighted by molar-refractivity contribution is 0.0520. The Morgan fingerprint density at radius 2 is 2.00 bits per heavy atom. The van der Waals surface area contributed by atoms with Crippen molar-refractivity contribution >= 4 is 11.9 Å². The first-order valence-electron chi connectivity index (χ1n) is 7.66. The summed E-state index contributed by atoms with van der Waals surface area (Å²) >= 11 is 0. The van der Waals surface area contributed by atoms with Gasteiger partial charge in [0.2, 0.25) is 5.76 Å². The summed E-state index contributed by atoms with van der Waals surface area (Å²) in [5.74, 6) is -0.713. The summed E-state index contributed by atoms with van der Waals surface area (Å²) in [5, 5.41) is 10.2. The van der Waals surface area contributed by atoms with Crippen molar-refractivity contribution in [3.05, 3.63) is 48.0 Å². The SMILES string of the molecule is CCOC(=O)c1n[nH]nc1-c1ccc(OC(=O)c2ccco2)c(OC)c1. The molecule has 9 heteroatoms. The van der Waals surface area contributed by atoms with Crippen LogP contribution in [0.2, 0.25) is 0 Å². The molecule has 1 aromatic carbocycles. The van der Waals surface area contributed by atoms with Crippen molar-refractivity contribution in [1.29, 1.82) is 0 Å². The van der Waals surface area contributed by atoms with E-state index in [4.69, 9.17) is 18.6 Å². The Bertz CT molecular complexity index is 916. The third kappa shape index (κ3) is 3.41. The van der Waals surface area contributed by atoms with Gasteiger partial charge in [-0.15, -0.1) is 5.10 Å². The first-order valence-corrected chi connectivity index (χ1v) is 7.66. The number of aromatic amines is 1. The summed E-state index contributed by atoms with van der Waals surface area (Å²) in [6.45, 7) is 1.92. The molecule has 0 saturated heterocycles. The van der Waals surface area contributed by atoms with Gasteiger partial charge in [0.1, 0.15) is 5.69 Å². The zero-order valence-corrected chi connectivity index (χ0v) is 14.0. The fourth-order valence-electron chi connectivity index (χ4n) is 2.22. The zero-order chi connectivity index (χ0) is 18.5. The molecule has 2 aromatic heterocycles. The van der Waals surface area contributed by atoms with Crippen LogP contribution in [0.4, 0.5) is 0 Å². The molecule has 9 nitrogen and oxygen atoms in total. The lowest BCUT2D eigenvalue weighted by Crippen LogP contribution is -2.08. The summed E-state index contributed by atoms with van der Waals surface area (Å²) in [4.78, 5) is 24.0. The first-order chi connectivity index (χ1) is 12.6. The van der Waals surface area contributed by atoms with E-state index >= 15 is 0 Å². The van der Waals surface area contributed by atoms with Gasteiger partial charge in [0.15, 0.2) is 17.2 Å². The number of furan rings is 1. The predicted octanol–water partition coefficient (Wildman–Crippen LogP) is 2.47. The number of rotatable bonds is 6. The molecule has 0 atom stereocenters. The van der Waals surface area contributed by atoms with E-state index in [1.165, 1.54) is 25.5 Å². The predicted molar refractivity (Wildman–Crippen MR) is 88.0 cm³/mol. The molecule has 0 aliphatic carbocycles. The summed E-state index contributed by atoms with van der Waals surface area (Å²) in [6.07, 6.45) is 1.37. The Morgan fingerprint density at radius 1 is 1.15 bits per heavy atom. The van der Waals surface area contributed by atoms with Gasteiger partial charge in [-0.05, 0) is 37.3 Å². The van der Waals surface area contributed by atoms with E-state index in [2.05, 4.69) is 15.4 Å². The molecule has 0 aliphatic rings. The topological polar surface area (TPSA) is 117 Å². The standard InChI is InChI=1S/C17H15N3O6/c1-3-24-17(22)15-14(18-20-19-15)10-6-7-11(13(9-10)23-2)26-16(21)12-5-4-8-25-12/h4-9H,3H2,1-2H3,(H,18,19,20). The number of benzene rings is 1. The Morgan fingerprint density at radius 3 is 2.69 bits per heavy atom. The van der Waals surface area contributed by atoms with Crippen LogP contribution in [0.3, 0.4) is 0 Å². The summed E-state index contributed by atoms with van der Waals surface area (Å²) in [6, 6.07) is 7.79. The van der Waals surface area contributed by atoms with Gasteiger partial charge in [-0.25, -0.2) is 9.59 Å². The largest absolute Gasteiger partial charge is 0.493 e. The molecule has 0 fully saturated rings. The normalized spacial score (nSPS) is 10.4. The van der Waals surface area contributed by atoms with E-state index in [0.29, 0.717) is 11.3 Å². The van der Waals surface area contributed by atoms with Crippen molar-refractivity contribution in [2.45, 2.75) is 6.92 Å². The fraction of sp³-hybridized carbons (Fsp3) is 0.176. The van der Waals surface area contributed by atoms with Gasteiger partial charge in [-0.2, -0.15) is 10.3 Å². The Hall–Kier alpha value is -3.62. The van der Waals surface area contributed by atoms with E-state index in [0.717, 1.165) is 0 Å². The van der Waals surface area contributed by atoms with Gasteiger partial charge in [0, 0.05) is 5.56 Å². The van der Waals surface area contributed by atoms with Crippen molar-refractivity contribution in [2.75, 3.05) is 13.7 Å². The number of aromatic nitrogens is 3. The van der Waals surface area contributed by atoms with Gasteiger partial charge in [0.05, 0.1) is 20.0 Å². The minimum atomic E-state index is -0.658. The summed E-state index contributed by atoms with van der Waals surface area (Å²) < 4.78 is 20.5. The van der Waals surface area contributed by atoms with Crippen molar-refractivity contribution in [1.82, 2.24) is 15.4 Å². The average Bonchev–Trinajstić information content (AvgIpc) is 3.34. The molecule has 1 N–H and O–H groups in total. The van der Waals surface area contributed by atoms with Crippen molar-refractivity contribution in [2.24, 2.45) is 0 Å². The Balaban J connectivity index is 1.89. The maximum Gasteiger partial charge on any atom is 0.379 e. The first kappa shape index (κ1) is 17.2. The van der Waals surface area contributed by atoms with Crippen molar-refractivity contribution in [3.63, 3.8) is 0 Å². The highest BCUT2D eigenvalue weighted by molar-refractivity contribution is 5.94. The molecule has 0 bridgehead atoms. The number of nitrogens with zero attached hydrogens (tertiary/aromatic N) is 2. The van der Waals surface area contributed by atoms with E-state index in [-0.39, 0.29) is 29.6 Å². The quantitative estimate of drug-likeness (QED) is 0.528. The highest BCUT2D eigenvalue weighted by Crippen LogP contribution is 2.33. The maximum absolute atomic E-state index is 12.0. The number of hydrogen-bond acceptors (Lipinski definition) is 8. The molecule has 26 heavy (non-hydrogen) atoms. The Labute approximate surface area is 147 Å². The molecular weight excluding hydrogens is 342 g/mol. The average molecular weight is 357 g/mol. The molecule has 0 saturated carbocycles. The molecule has 0 spiro atoms. The number of nitrogens with one attached hydrogen (secondary N) is 1. The molecule has 0 amide bonds. The Kier molecular flexibility index (Phi) is 4.97. The van der Waals surface area contributed by atoms with E-state index in [1.54, 1.807) is 25.1 Å². The molecule has 134 valence electrons. The number of methoxy groups -OCH3 is 1. The third-order valence-electron chi connectivity index (χ3n) is 3.38. The van der Waals surface area contributed by atoms with Crippen molar-refractivity contribution < 1.29 is 28.2 Å². The van der Waals surface area contributed by atoms with Gasteiger partial charge >= 0.3 is 11.9 Å². The van der Waals surface area contributed by atoms with Gasteiger partial charge in [-0.3, -0.25) is 0 Å². The van der Waals surface area contributed by atoms with Crippen molar-refractivity contribution in [3.8, 4) is 22.8 Å². The maximum atomic E-state index is 12.0.